The topological polar surface area (TPSA) is 21.8 Å². The molecule has 0 N–H and O–H groups in total. The Morgan fingerprint density at radius 1 is 1.60 bits per heavy atom. The fourth-order valence-electron chi connectivity index (χ4n) is 1.16. The van der Waals surface area contributed by atoms with Crippen LogP contribution in [0.4, 0.5) is 0 Å². The highest BCUT2D eigenvalue weighted by Gasteiger charge is 2.19. The monoisotopic (exact) mass is 270 g/mol. The van der Waals surface area contributed by atoms with Crippen LogP contribution in [0.15, 0.2) is 47.0 Å². The lowest BCUT2D eigenvalue weighted by molar-refractivity contribution is 0.233. The summed E-state index contributed by atoms with van der Waals surface area (Å²) in [6.07, 6.45) is 8.13. The highest BCUT2D eigenvalue weighted by Crippen LogP contribution is 2.20. The van der Waals surface area contributed by atoms with E-state index < -0.39 is 0 Å². The normalized spacial score (nSPS) is 22.1. The number of halogens is 1. The summed E-state index contributed by atoms with van der Waals surface area (Å²) in [5.74, 6) is 0. The van der Waals surface area contributed by atoms with Crippen molar-refractivity contribution in [3.63, 3.8) is 0 Å². The molecule has 1 unspecified atom stereocenters. The van der Waals surface area contributed by atoms with Gasteiger partial charge in [-0.15, -0.1) is 0 Å². The van der Waals surface area contributed by atoms with E-state index in [1.807, 2.05) is 23.2 Å². The molecule has 0 aromatic carbocycles. The molecule has 1 aliphatic rings. The third kappa shape index (κ3) is 4.60. The lowest BCUT2D eigenvalue weighted by atomic mass is 10.0. The minimum absolute atomic E-state index is 0.259. The quantitative estimate of drug-likeness (QED) is 0.547. The fraction of sp³-hybridized carbons (Fsp3) is 0.333. The predicted molar refractivity (Wildman–Crippen MR) is 66.0 cm³/mol. The van der Waals surface area contributed by atoms with E-state index in [2.05, 4.69) is 28.6 Å². The third-order valence-corrected chi connectivity index (χ3v) is 2.25. The summed E-state index contributed by atoms with van der Waals surface area (Å²) < 4.78 is 10.2. The van der Waals surface area contributed by atoms with Gasteiger partial charge in [-0.2, -0.15) is 0 Å². The maximum absolute atomic E-state index is 5.17. The highest BCUT2D eigenvalue weighted by molar-refractivity contribution is 9.11. The molecule has 2 nitrogen and oxygen atoms in total. The van der Waals surface area contributed by atoms with Crippen molar-refractivity contribution in [1.29, 1.82) is 0 Å². The molecule has 1 atom stereocenters. The molecule has 0 aliphatic carbocycles. The Bertz CT molecular complexity index is 299. The van der Waals surface area contributed by atoms with E-state index in [1.165, 1.54) is 0 Å². The zero-order chi connectivity index (χ0) is 11.1. The van der Waals surface area contributed by atoms with Gasteiger partial charge in [0.2, 0.25) is 0 Å². The molecule has 82 valence electrons. The number of allylic oxidation sites excluding steroid dienone is 4. The first-order valence-electron chi connectivity index (χ1n) is 4.74. The Labute approximate surface area is 99.1 Å². The smallest absolute Gasteiger partial charge is 0.1000 e. The second kappa shape index (κ2) is 6.77. The molecule has 0 spiro atoms. The van der Waals surface area contributed by atoms with Gasteiger partial charge in [-0.05, 0) is 28.3 Å². The number of methoxy groups -OCH3 is 1. The molecule has 1 heterocycles. The third-order valence-electron chi connectivity index (χ3n) is 1.99. The molecule has 0 bridgehead atoms. The molecule has 0 radical (unpaired) electrons. The van der Waals surface area contributed by atoms with Crippen LogP contribution in [-0.4, -0.2) is 26.4 Å². The Hall–Kier alpha value is -0.640. The number of rotatable bonds is 6. The summed E-state index contributed by atoms with van der Waals surface area (Å²) >= 11 is 3.27. The zero-order valence-corrected chi connectivity index (χ0v) is 10.4. The van der Waals surface area contributed by atoms with Gasteiger partial charge in [0.05, 0.1) is 19.3 Å². The van der Waals surface area contributed by atoms with Crippen LogP contribution in [0, 0.1) is 0 Å². The van der Waals surface area contributed by atoms with Gasteiger partial charge in [-0.3, -0.25) is 0 Å². The molecule has 0 saturated carbocycles. The minimum atomic E-state index is 0.259. The van der Waals surface area contributed by atoms with E-state index in [0.717, 1.165) is 17.8 Å². The second-order valence-electron chi connectivity index (χ2n) is 3.11. The molecule has 0 amide bonds. The Morgan fingerprint density at radius 2 is 2.33 bits per heavy atom. The first-order valence-corrected chi connectivity index (χ1v) is 5.65. The summed E-state index contributed by atoms with van der Waals surface area (Å²) in [5.41, 5.74) is 2.16. The second-order valence-corrected chi connectivity index (χ2v) is 3.63. The van der Waals surface area contributed by atoms with Gasteiger partial charge in [0.1, 0.15) is 0 Å². The molecule has 1 saturated heterocycles. The van der Waals surface area contributed by atoms with Gasteiger partial charge >= 0.3 is 0 Å². The van der Waals surface area contributed by atoms with Gasteiger partial charge in [-0.1, -0.05) is 34.7 Å². The highest BCUT2D eigenvalue weighted by atomic mass is 79.9. The van der Waals surface area contributed by atoms with Crippen molar-refractivity contribution < 1.29 is 9.47 Å². The Kier molecular flexibility index (Phi) is 5.61. The summed E-state index contributed by atoms with van der Waals surface area (Å²) in [7, 11) is 1.67. The van der Waals surface area contributed by atoms with Crippen LogP contribution in [0.2, 0.25) is 0 Å². The molecule has 3 heteroatoms. The van der Waals surface area contributed by atoms with E-state index in [4.69, 9.17) is 9.47 Å². The van der Waals surface area contributed by atoms with Crippen molar-refractivity contribution in [2.75, 3.05) is 20.3 Å². The first kappa shape index (κ1) is 12.4. The predicted octanol–water partition coefficient (Wildman–Crippen LogP) is 2.98. The molecule has 1 rings (SSSR count). The van der Waals surface area contributed by atoms with Crippen molar-refractivity contribution in [2.24, 2.45) is 0 Å². The maximum Gasteiger partial charge on any atom is 0.1000 e. The molecular formula is C12H15BrO2. The lowest BCUT2D eigenvalue weighted by Crippen LogP contribution is -1.90. The van der Waals surface area contributed by atoms with Crippen molar-refractivity contribution in [3.05, 3.63) is 47.0 Å². The van der Waals surface area contributed by atoms with Crippen LogP contribution < -0.4 is 0 Å². The molecule has 15 heavy (non-hydrogen) atoms. The SMILES string of the molecule is C=CC(=C/COC)/C(=C\C1CO1)/C=C/Br. The fourth-order valence-corrected chi connectivity index (χ4v) is 1.44. The summed E-state index contributed by atoms with van der Waals surface area (Å²) in [6.45, 7) is 5.19. The van der Waals surface area contributed by atoms with Crippen LogP contribution in [0.5, 0.6) is 0 Å². The maximum atomic E-state index is 5.17. The summed E-state index contributed by atoms with van der Waals surface area (Å²) in [6, 6.07) is 0. The molecule has 1 aliphatic heterocycles. The first-order chi connectivity index (χ1) is 7.31. The van der Waals surface area contributed by atoms with Gasteiger partial charge in [0, 0.05) is 7.11 Å². The van der Waals surface area contributed by atoms with Gasteiger partial charge in [0.25, 0.3) is 0 Å². The molecule has 1 fully saturated rings. The largest absolute Gasteiger partial charge is 0.381 e. The number of ether oxygens (including phenoxy) is 2. The van der Waals surface area contributed by atoms with E-state index >= 15 is 0 Å². The van der Waals surface area contributed by atoms with Crippen molar-refractivity contribution in [3.8, 4) is 0 Å². The standard InChI is InChI=1S/C12H15BrO2/c1-3-10(5-7-14-2)11(4-6-13)8-12-9-15-12/h3-6,8,12H,1,7,9H2,2H3/b6-4+,10-5-,11-8-. The van der Waals surface area contributed by atoms with Crippen LogP contribution >= 0.6 is 15.9 Å². The van der Waals surface area contributed by atoms with E-state index in [0.29, 0.717) is 6.61 Å². The Morgan fingerprint density at radius 3 is 2.80 bits per heavy atom. The van der Waals surface area contributed by atoms with Gasteiger partial charge < -0.3 is 9.47 Å². The van der Waals surface area contributed by atoms with Crippen molar-refractivity contribution >= 4 is 15.9 Å². The average Bonchev–Trinajstić information content (AvgIpc) is 3.03. The summed E-state index contributed by atoms with van der Waals surface area (Å²) in [5, 5.41) is 0. The van der Waals surface area contributed by atoms with E-state index in [1.54, 1.807) is 7.11 Å². The lowest BCUT2D eigenvalue weighted by Gasteiger charge is -2.03. The van der Waals surface area contributed by atoms with Crippen molar-refractivity contribution in [2.45, 2.75) is 6.10 Å². The van der Waals surface area contributed by atoms with Crippen LogP contribution in [0.3, 0.4) is 0 Å². The van der Waals surface area contributed by atoms with E-state index in [-0.39, 0.29) is 6.10 Å². The van der Waals surface area contributed by atoms with Crippen LogP contribution in [0.25, 0.3) is 0 Å². The molecule has 0 aromatic rings. The number of hydrogen-bond donors (Lipinski definition) is 0. The minimum Gasteiger partial charge on any atom is -0.381 e. The number of epoxide rings is 1. The zero-order valence-electron chi connectivity index (χ0n) is 8.78. The number of hydrogen-bond acceptors (Lipinski definition) is 2. The molecule has 0 aromatic heterocycles. The summed E-state index contributed by atoms with van der Waals surface area (Å²) in [4.78, 5) is 1.82. The van der Waals surface area contributed by atoms with Crippen molar-refractivity contribution in [1.82, 2.24) is 0 Å². The van der Waals surface area contributed by atoms with E-state index in [9.17, 15) is 0 Å². The van der Waals surface area contributed by atoms with Gasteiger partial charge in [-0.25, -0.2) is 0 Å². The van der Waals surface area contributed by atoms with Crippen LogP contribution in [0.1, 0.15) is 0 Å². The average molecular weight is 271 g/mol. The van der Waals surface area contributed by atoms with Crippen LogP contribution in [-0.2, 0) is 9.47 Å². The Balaban J connectivity index is 2.79. The molecular weight excluding hydrogens is 256 g/mol. The van der Waals surface area contributed by atoms with Gasteiger partial charge in [0.15, 0.2) is 0 Å².